The van der Waals surface area contributed by atoms with E-state index in [1.807, 2.05) is 6.92 Å². The Labute approximate surface area is 111 Å². The van der Waals surface area contributed by atoms with Crippen molar-refractivity contribution in [2.75, 3.05) is 11.9 Å². The standard InChI is InChI=1S/C16H25NO/c1-4-18-15-9-10-16(12(2)11-15)17-13(3)14-7-5-6-8-14/h9-11,13-14,17H,4-8H2,1-3H3. The molecule has 0 spiro atoms. The van der Waals surface area contributed by atoms with Crippen molar-refractivity contribution in [1.82, 2.24) is 0 Å². The summed E-state index contributed by atoms with van der Waals surface area (Å²) in [6.45, 7) is 7.20. The highest BCUT2D eigenvalue weighted by molar-refractivity contribution is 5.54. The summed E-state index contributed by atoms with van der Waals surface area (Å²) in [5.41, 5.74) is 2.52. The average Bonchev–Trinajstić information content (AvgIpc) is 2.86. The monoisotopic (exact) mass is 247 g/mol. The maximum atomic E-state index is 5.52. The third-order valence-corrected chi connectivity index (χ3v) is 4.00. The largest absolute Gasteiger partial charge is 0.494 e. The van der Waals surface area contributed by atoms with Crippen LogP contribution in [0.25, 0.3) is 0 Å². The minimum atomic E-state index is 0.573. The van der Waals surface area contributed by atoms with Gasteiger partial charge in [-0.3, -0.25) is 0 Å². The second kappa shape index (κ2) is 6.12. The fraction of sp³-hybridized carbons (Fsp3) is 0.625. The smallest absolute Gasteiger partial charge is 0.119 e. The van der Waals surface area contributed by atoms with Crippen LogP contribution in [0, 0.1) is 12.8 Å². The van der Waals surface area contributed by atoms with Crippen LogP contribution in [0.2, 0.25) is 0 Å². The Morgan fingerprint density at radius 1 is 1.33 bits per heavy atom. The summed E-state index contributed by atoms with van der Waals surface area (Å²) in [6, 6.07) is 6.89. The Morgan fingerprint density at radius 3 is 2.67 bits per heavy atom. The van der Waals surface area contributed by atoms with Gasteiger partial charge < -0.3 is 10.1 Å². The van der Waals surface area contributed by atoms with Crippen LogP contribution in [0.5, 0.6) is 5.75 Å². The topological polar surface area (TPSA) is 21.3 Å². The molecule has 0 aromatic heterocycles. The highest BCUT2D eigenvalue weighted by Crippen LogP contribution is 2.30. The van der Waals surface area contributed by atoms with E-state index in [4.69, 9.17) is 4.74 Å². The zero-order chi connectivity index (χ0) is 13.0. The number of benzene rings is 1. The van der Waals surface area contributed by atoms with Gasteiger partial charge in [-0.05, 0) is 63.3 Å². The molecule has 2 heteroatoms. The van der Waals surface area contributed by atoms with Crippen LogP contribution in [0.1, 0.15) is 45.1 Å². The molecule has 0 heterocycles. The molecule has 1 aromatic carbocycles. The minimum Gasteiger partial charge on any atom is -0.494 e. The quantitative estimate of drug-likeness (QED) is 0.833. The lowest BCUT2D eigenvalue weighted by molar-refractivity contribution is 0.340. The summed E-state index contributed by atoms with van der Waals surface area (Å²) in [6.07, 6.45) is 5.56. The second-order valence-corrected chi connectivity index (χ2v) is 5.39. The molecule has 1 aliphatic rings. The van der Waals surface area contributed by atoms with Crippen molar-refractivity contribution in [2.45, 2.75) is 52.5 Å². The Balaban J connectivity index is 2.00. The van der Waals surface area contributed by atoms with Crippen molar-refractivity contribution in [3.63, 3.8) is 0 Å². The van der Waals surface area contributed by atoms with Gasteiger partial charge in [0.05, 0.1) is 6.61 Å². The number of hydrogen-bond donors (Lipinski definition) is 1. The molecule has 1 aromatic rings. The van der Waals surface area contributed by atoms with Crippen LogP contribution < -0.4 is 10.1 Å². The Hall–Kier alpha value is -1.18. The molecule has 100 valence electrons. The summed E-state index contributed by atoms with van der Waals surface area (Å²) in [4.78, 5) is 0. The van der Waals surface area contributed by atoms with E-state index in [0.717, 1.165) is 18.3 Å². The van der Waals surface area contributed by atoms with Gasteiger partial charge in [0.2, 0.25) is 0 Å². The first-order chi connectivity index (χ1) is 8.70. The van der Waals surface area contributed by atoms with E-state index in [-0.39, 0.29) is 0 Å². The number of aryl methyl sites for hydroxylation is 1. The first-order valence-electron chi connectivity index (χ1n) is 7.20. The summed E-state index contributed by atoms with van der Waals surface area (Å²) in [7, 11) is 0. The fourth-order valence-electron chi connectivity index (χ4n) is 2.88. The van der Waals surface area contributed by atoms with E-state index in [1.165, 1.54) is 36.9 Å². The van der Waals surface area contributed by atoms with E-state index >= 15 is 0 Å². The predicted molar refractivity (Wildman–Crippen MR) is 77.4 cm³/mol. The molecule has 18 heavy (non-hydrogen) atoms. The third-order valence-electron chi connectivity index (χ3n) is 4.00. The maximum absolute atomic E-state index is 5.52. The number of ether oxygens (including phenoxy) is 1. The van der Waals surface area contributed by atoms with Gasteiger partial charge >= 0.3 is 0 Å². The van der Waals surface area contributed by atoms with Crippen LogP contribution in [0.15, 0.2) is 18.2 Å². The van der Waals surface area contributed by atoms with Gasteiger partial charge in [-0.2, -0.15) is 0 Å². The summed E-state index contributed by atoms with van der Waals surface area (Å²) < 4.78 is 5.52. The van der Waals surface area contributed by atoms with E-state index in [9.17, 15) is 0 Å². The molecule has 2 nitrogen and oxygen atoms in total. The zero-order valence-electron chi connectivity index (χ0n) is 11.8. The van der Waals surface area contributed by atoms with Crippen LogP contribution in [-0.2, 0) is 0 Å². The van der Waals surface area contributed by atoms with Crippen molar-refractivity contribution in [2.24, 2.45) is 5.92 Å². The van der Waals surface area contributed by atoms with E-state index in [1.54, 1.807) is 0 Å². The van der Waals surface area contributed by atoms with Crippen molar-refractivity contribution in [1.29, 1.82) is 0 Å². The number of nitrogens with one attached hydrogen (secondary N) is 1. The van der Waals surface area contributed by atoms with Gasteiger partial charge in [0, 0.05) is 11.7 Å². The zero-order valence-corrected chi connectivity index (χ0v) is 11.8. The summed E-state index contributed by atoms with van der Waals surface area (Å²) in [5.74, 6) is 1.81. The highest BCUT2D eigenvalue weighted by Gasteiger charge is 2.21. The first-order valence-corrected chi connectivity index (χ1v) is 7.20. The number of hydrogen-bond acceptors (Lipinski definition) is 2. The van der Waals surface area contributed by atoms with Gasteiger partial charge in [-0.15, -0.1) is 0 Å². The van der Waals surface area contributed by atoms with Crippen LogP contribution >= 0.6 is 0 Å². The molecule has 1 N–H and O–H groups in total. The van der Waals surface area contributed by atoms with E-state index in [2.05, 4.69) is 37.4 Å². The average molecular weight is 247 g/mol. The van der Waals surface area contributed by atoms with Gasteiger partial charge in [-0.1, -0.05) is 12.8 Å². The lowest BCUT2D eigenvalue weighted by Gasteiger charge is -2.23. The molecule has 1 aliphatic carbocycles. The van der Waals surface area contributed by atoms with E-state index in [0.29, 0.717) is 6.04 Å². The maximum Gasteiger partial charge on any atom is 0.119 e. The summed E-state index contributed by atoms with van der Waals surface area (Å²) in [5, 5.41) is 3.67. The SMILES string of the molecule is CCOc1ccc(NC(C)C2CCCC2)c(C)c1. The van der Waals surface area contributed by atoms with Gasteiger partial charge in [0.25, 0.3) is 0 Å². The molecular weight excluding hydrogens is 222 g/mol. The Kier molecular flexibility index (Phi) is 4.51. The van der Waals surface area contributed by atoms with Crippen molar-refractivity contribution in [3.05, 3.63) is 23.8 Å². The molecule has 2 rings (SSSR count). The molecule has 0 bridgehead atoms. The van der Waals surface area contributed by atoms with Crippen molar-refractivity contribution >= 4 is 5.69 Å². The first kappa shape index (κ1) is 13.3. The van der Waals surface area contributed by atoms with Crippen LogP contribution in [-0.4, -0.2) is 12.6 Å². The highest BCUT2D eigenvalue weighted by atomic mass is 16.5. The Morgan fingerprint density at radius 2 is 2.06 bits per heavy atom. The lowest BCUT2D eigenvalue weighted by Crippen LogP contribution is -2.24. The second-order valence-electron chi connectivity index (χ2n) is 5.39. The normalized spacial score (nSPS) is 17.7. The van der Waals surface area contributed by atoms with Gasteiger partial charge in [-0.25, -0.2) is 0 Å². The Bertz CT molecular complexity index is 383. The molecular formula is C16H25NO. The van der Waals surface area contributed by atoms with E-state index < -0.39 is 0 Å². The number of anilines is 1. The van der Waals surface area contributed by atoms with Gasteiger partial charge in [0.15, 0.2) is 0 Å². The molecule has 1 atom stereocenters. The minimum absolute atomic E-state index is 0.573. The van der Waals surface area contributed by atoms with Crippen molar-refractivity contribution < 1.29 is 4.74 Å². The molecule has 0 radical (unpaired) electrons. The lowest BCUT2D eigenvalue weighted by atomic mass is 9.99. The third kappa shape index (κ3) is 3.18. The molecule has 1 fully saturated rings. The molecule has 0 aliphatic heterocycles. The van der Waals surface area contributed by atoms with Crippen LogP contribution in [0.3, 0.4) is 0 Å². The predicted octanol–water partition coefficient (Wildman–Crippen LogP) is 4.38. The molecule has 0 saturated heterocycles. The molecule has 1 unspecified atom stereocenters. The van der Waals surface area contributed by atoms with Gasteiger partial charge in [0.1, 0.15) is 5.75 Å². The fourth-order valence-corrected chi connectivity index (χ4v) is 2.88. The molecule has 1 saturated carbocycles. The molecule has 0 amide bonds. The van der Waals surface area contributed by atoms with Crippen LogP contribution in [0.4, 0.5) is 5.69 Å². The number of rotatable bonds is 5. The summed E-state index contributed by atoms with van der Waals surface area (Å²) >= 11 is 0. The van der Waals surface area contributed by atoms with Crippen molar-refractivity contribution in [3.8, 4) is 5.75 Å².